The van der Waals surface area contributed by atoms with Crippen molar-refractivity contribution in [2.24, 2.45) is 10.8 Å². The molecule has 1 aliphatic rings. The third-order valence-corrected chi connectivity index (χ3v) is 8.39. The fraction of sp³-hybridized carbons (Fsp3) is 0.889. The number of hydrogen-bond acceptors (Lipinski definition) is 4. The molecule has 0 atom stereocenters. The molecular weight excluding hydrogens is 432 g/mol. The maximum absolute atomic E-state index is 12.4. The number of carbonyl (C=O) groups excluding carboxylic acids is 2. The number of nitrogens with zero attached hydrogens (tertiary/aromatic N) is 2. The van der Waals surface area contributed by atoms with Gasteiger partial charge in [0.15, 0.2) is 0 Å². The van der Waals surface area contributed by atoms with Crippen molar-refractivity contribution in [2.45, 2.75) is 112 Å². The normalized spacial score (nSPS) is 15.0. The van der Waals surface area contributed by atoms with Gasteiger partial charge in [0.05, 0.1) is 6.42 Å². The van der Waals surface area contributed by atoms with Gasteiger partial charge in [-0.3, -0.25) is 14.5 Å². The van der Waals surface area contributed by atoms with Crippen molar-refractivity contribution in [3.8, 4) is 0 Å². The monoisotopic (exact) mass is 482 g/mol. The Morgan fingerprint density at radius 2 is 1.38 bits per heavy atom. The number of ether oxygens (including phenoxy) is 1. The van der Waals surface area contributed by atoms with Gasteiger partial charge < -0.3 is 14.7 Å². The van der Waals surface area contributed by atoms with E-state index in [0.717, 1.165) is 83.8 Å². The second-order valence-electron chi connectivity index (χ2n) is 10.1. The number of carboxylic acid groups (broad SMARTS) is 1. The largest absolute Gasteiger partial charge is 0.481 e. The summed E-state index contributed by atoms with van der Waals surface area (Å²) < 4.78 is 5.85. The van der Waals surface area contributed by atoms with Crippen LogP contribution in [-0.2, 0) is 14.3 Å². The van der Waals surface area contributed by atoms with Crippen LogP contribution in [0, 0.1) is 10.8 Å². The summed E-state index contributed by atoms with van der Waals surface area (Å²) in [5.41, 5.74) is 0.0859. The molecule has 1 heterocycles. The summed E-state index contributed by atoms with van der Waals surface area (Å²) in [6.45, 7) is 13.3. The average Bonchev–Trinajstić information content (AvgIpc) is 3.11. The molecule has 198 valence electrons. The van der Waals surface area contributed by atoms with Crippen LogP contribution in [0.25, 0.3) is 0 Å². The van der Waals surface area contributed by atoms with Crippen LogP contribution in [0.2, 0.25) is 0 Å². The lowest BCUT2D eigenvalue weighted by molar-refractivity contribution is -0.140. The Balaban J connectivity index is 2.29. The highest BCUT2D eigenvalue weighted by Crippen LogP contribution is 2.37. The summed E-state index contributed by atoms with van der Waals surface area (Å²) >= 11 is 0. The minimum absolute atomic E-state index is 0.0700. The van der Waals surface area contributed by atoms with Gasteiger partial charge in [0.25, 0.3) is 0 Å². The van der Waals surface area contributed by atoms with Crippen LogP contribution in [0.5, 0.6) is 0 Å². The van der Waals surface area contributed by atoms with E-state index < -0.39 is 5.97 Å². The number of carbonyl (C=O) groups is 3. The molecule has 0 unspecified atom stereocenters. The van der Waals surface area contributed by atoms with Crippen molar-refractivity contribution in [3.63, 3.8) is 0 Å². The van der Waals surface area contributed by atoms with Crippen LogP contribution in [0.15, 0.2) is 0 Å². The van der Waals surface area contributed by atoms with Crippen LogP contribution in [-0.4, -0.2) is 65.7 Å². The van der Waals surface area contributed by atoms with E-state index in [9.17, 15) is 19.5 Å². The molecule has 1 aliphatic heterocycles. The summed E-state index contributed by atoms with van der Waals surface area (Å²) in [4.78, 5) is 38.8. The SMILES string of the molecule is CCN1CC(=O)N(CCC(CC)(CC)CCCCOCCCCC(CC)(CC)CC(=O)O)C1=O. The van der Waals surface area contributed by atoms with E-state index in [0.29, 0.717) is 13.1 Å². The quantitative estimate of drug-likeness (QED) is 0.167. The Morgan fingerprint density at radius 1 is 0.853 bits per heavy atom. The van der Waals surface area contributed by atoms with Gasteiger partial charge in [-0.25, -0.2) is 4.79 Å². The standard InChI is InChI=1S/C27H50N2O5/c1-6-26(7-2,17-18-29-23(30)22-28(10-5)25(29)33)15-11-13-19-34-20-14-12-16-27(8-3,9-4)21-24(31)32/h6-22H2,1-5H3,(H,31,32). The first-order chi connectivity index (χ1) is 16.2. The smallest absolute Gasteiger partial charge is 0.327 e. The van der Waals surface area contributed by atoms with Gasteiger partial charge in [-0.2, -0.15) is 0 Å². The van der Waals surface area contributed by atoms with E-state index in [1.54, 1.807) is 4.90 Å². The van der Waals surface area contributed by atoms with Gasteiger partial charge in [0.1, 0.15) is 6.54 Å². The lowest BCUT2D eigenvalue weighted by atomic mass is 9.75. The predicted molar refractivity (Wildman–Crippen MR) is 136 cm³/mol. The Labute approximate surface area is 207 Å². The third-order valence-electron chi connectivity index (χ3n) is 8.39. The van der Waals surface area contributed by atoms with Crippen LogP contribution in [0.1, 0.15) is 112 Å². The second-order valence-corrected chi connectivity index (χ2v) is 10.1. The molecule has 1 rings (SSSR count). The van der Waals surface area contributed by atoms with Crippen LogP contribution >= 0.6 is 0 Å². The van der Waals surface area contributed by atoms with Crippen molar-refractivity contribution in [1.29, 1.82) is 0 Å². The molecule has 1 fully saturated rings. The van der Waals surface area contributed by atoms with Crippen LogP contribution in [0.3, 0.4) is 0 Å². The molecular formula is C27H50N2O5. The zero-order valence-electron chi connectivity index (χ0n) is 22.5. The topological polar surface area (TPSA) is 87.2 Å². The summed E-state index contributed by atoms with van der Waals surface area (Å²) in [6, 6.07) is -0.139. The Bertz CT molecular complexity index is 629. The van der Waals surface area contributed by atoms with Gasteiger partial charge in [-0.05, 0) is 62.7 Å². The van der Waals surface area contributed by atoms with Gasteiger partial charge in [-0.1, -0.05) is 53.4 Å². The minimum atomic E-state index is -0.697. The number of likely N-dealkylation sites (N-methyl/N-ethyl adjacent to an activating group) is 1. The van der Waals surface area contributed by atoms with Gasteiger partial charge in [0.2, 0.25) is 5.91 Å². The molecule has 0 aromatic rings. The third kappa shape index (κ3) is 9.20. The summed E-state index contributed by atoms with van der Waals surface area (Å²) in [5, 5.41) is 9.20. The highest BCUT2D eigenvalue weighted by Gasteiger charge is 2.36. The zero-order valence-corrected chi connectivity index (χ0v) is 22.5. The van der Waals surface area contributed by atoms with E-state index in [-0.39, 0.29) is 35.7 Å². The molecule has 0 aromatic carbocycles. The van der Waals surface area contributed by atoms with Crippen molar-refractivity contribution >= 4 is 17.9 Å². The first-order valence-electron chi connectivity index (χ1n) is 13.6. The Hall–Kier alpha value is -1.63. The zero-order chi connectivity index (χ0) is 25.6. The summed E-state index contributed by atoms with van der Waals surface area (Å²) in [5.74, 6) is -0.767. The van der Waals surface area contributed by atoms with Crippen molar-refractivity contribution in [2.75, 3.05) is 32.8 Å². The van der Waals surface area contributed by atoms with Crippen molar-refractivity contribution in [1.82, 2.24) is 9.80 Å². The molecule has 7 heteroatoms. The second kappa shape index (κ2) is 15.4. The predicted octanol–water partition coefficient (Wildman–Crippen LogP) is 6.11. The van der Waals surface area contributed by atoms with Gasteiger partial charge in [-0.15, -0.1) is 0 Å². The fourth-order valence-electron chi connectivity index (χ4n) is 5.27. The molecule has 1 saturated heterocycles. The lowest BCUT2D eigenvalue weighted by Gasteiger charge is -2.33. The molecule has 0 spiro atoms. The van der Waals surface area contributed by atoms with E-state index in [4.69, 9.17) is 4.74 Å². The highest BCUT2D eigenvalue weighted by molar-refractivity contribution is 6.01. The first-order valence-corrected chi connectivity index (χ1v) is 13.6. The van der Waals surface area contributed by atoms with Gasteiger partial charge in [0, 0.05) is 26.3 Å². The average molecular weight is 483 g/mol. The number of urea groups is 1. The van der Waals surface area contributed by atoms with Crippen molar-refractivity contribution in [3.05, 3.63) is 0 Å². The number of imide groups is 1. The highest BCUT2D eigenvalue weighted by atomic mass is 16.5. The first kappa shape index (κ1) is 30.4. The molecule has 34 heavy (non-hydrogen) atoms. The Kier molecular flexibility index (Phi) is 13.8. The summed E-state index contributed by atoms with van der Waals surface area (Å²) in [6.07, 6.45) is 11.1. The van der Waals surface area contributed by atoms with E-state index >= 15 is 0 Å². The van der Waals surface area contributed by atoms with E-state index in [1.807, 2.05) is 6.92 Å². The number of carboxylic acids is 1. The molecule has 0 radical (unpaired) electrons. The number of hydrogen-bond donors (Lipinski definition) is 1. The summed E-state index contributed by atoms with van der Waals surface area (Å²) in [7, 11) is 0. The van der Waals surface area contributed by atoms with Crippen LogP contribution in [0.4, 0.5) is 4.79 Å². The lowest BCUT2D eigenvalue weighted by Crippen LogP contribution is -2.36. The number of amides is 3. The maximum atomic E-state index is 12.4. The maximum Gasteiger partial charge on any atom is 0.327 e. The van der Waals surface area contributed by atoms with E-state index in [1.165, 1.54) is 4.90 Å². The fourth-order valence-corrected chi connectivity index (χ4v) is 5.27. The molecule has 3 amide bonds. The van der Waals surface area contributed by atoms with E-state index in [2.05, 4.69) is 27.7 Å². The Morgan fingerprint density at radius 3 is 1.82 bits per heavy atom. The molecule has 0 bridgehead atoms. The van der Waals surface area contributed by atoms with Gasteiger partial charge >= 0.3 is 12.0 Å². The number of unbranched alkanes of at least 4 members (excludes halogenated alkanes) is 2. The van der Waals surface area contributed by atoms with Crippen LogP contribution < -0.4 is 0 Å². The number of aliphatic carboxylic acids is 1. The minimum Gasteiger partial charge on any atom is -0.481 e. The molecule has 7 nitrogen and oxygen atoms in total. The van der Waals surface area contributed by atoms with Crippen molar-refractivity contribution < 1.29 is 24.2 Å². The molecule has 0 aromatic heterocycles. The molecule has 1 N–H and O–H groups in total. The molecule has 0 aliphatic carbocycles. The number of rotatable bonds is 20. The molecule has 0 saturated carbocycles.